The third-order valence-corrected chi connectivity index (χ3v) is 0.365. The number of alkyl halides is 1. The van der Waals surface area contributed by atoms with Crippen LogP contribution in [0.1, 0.15) is 6.92 Å². The minimum absolute atomic E-state index is 0.799. The van der Waals surface area contributed by atoms with E-state index in [9.17, 15) is 9.50 Å². The van der Waals surface area contributed by atoms with Gasteiger partial charge >= 0.3 is 6.04 Å². The molecule has 2 nitrogen and oxygen atoms in total. The van der Waals surface area contributed by atoms with Crippen molar-refractivity contribution in [3.63, 3.8) is 0 Å². The molecule has 0 saturated carbocycles. The lowest BCUT2D eigenvalue weighted by molar-refractivity contribution is -0.297. The van der Waals surface area contributed by atoms with Crippen LogP contribution in [0.4, 0.5) is 4.39 Å². The summed E-state index contributed by atoms with van der Waals surface area (Å²) in [5.41, 5.74) is 0. The molecule has 0 saturated heterocycles. The third kappa shape index (κ3) is 3.85. The van der Waals surface area contributed by atoms with Crippen LogP contribution < -0.4 is 0 Å². The zero-order valence-corrected chi connectivity index (χ0v) is 3.69. The van der Waals surface area contributed by atoms with Crippen molar-refractivity contribution in [2.45, 2.75) is 13.0 Å². The Balaban J connectivity index is 3.17. The first-order chi connectivity index (χ1) is 2.56. The smallest absolute Gasteiger partial charge is 0.326 e. The van der Waals surface area contributed by atoms with Crippen LogP contribution in [-0.2, 0) is 9.84 Å². The Hall–Kier alpha value is -0.150. The van der Waals surface area contributed by atoms with Crippen molar-refractivity contribution in [3.8, 4) is 0 Å². The van der Waals surface area contributed by atoms with Crippen LogP contribution >= 0.6 is 0 Å². The van der Waals surface area contributed by atoms with E-state index >= 15 is 0 Å². The molecule has 0 bridgehead atoms. The second-order valence-corrected chi connectivity index (χ2v) is 1.04. The summed E-state index contributed by atoms with van der Waals surface area (Å²) < 4.78 is 15.1. The van der Waals surface area contributed by atoms with Crippen LogP contribution in [0.25, 0.3) is 0 Å². The summed E-state index contributed by atoms with van der Waals surface area (Å²) in [6, 6.07) is -2.71. The summed E-state index contributed by atoms with van der Waals surface area (Å²) in [5, 5.41) is 9.58. The summed E-state index contributed by atoms with van der Waals surface area (Å²) >= 11 is 0. The number of ether oxygens (including phenoxy) is 1. The highest BCUT2D eigenvalue weighted by molar-refractivity contribution is 4.28. The summed E-state index contributed by atoms with van der Waals surface area (Å²) in [6.07, 6.45) is 0. The highest BCUT2D eigenvalue weighted by atomic mass is 19.2. The van der Waals surface area contributed by atoms with E-state index in [-0.39, 0.29) is 0 Å². The average Bonchev–Trinajstić information content (AvgIpc) is 1.35. The maximum Gasteiger partial charge on any atom is 0.344 e. The monoisotopic (exact) mass is 93.0 g/mol. The third-order valence-electron chi connectivity index (χ3n) is 0.365. The van der Waals surface area contributed by atoms with Gasteiger partial charge in [-0.25, -0.2) is 0 Å². The molecule has 0 aromatic rings. The van der Waals surface area contributed by atoms with Gasteiger partial charge < -0.3 is 4.74 Å². The van der Waals surface area contributed by atoms with Gasteiger partial charge in [-0.3, -0.25) is 0 Å². The Bertz CT molecular complexity index is 38.5. The minimum atomic E-state index is -2.71. The minimum Gasteiger partial charge on any atom is -0.326 e. The van der Waals surface area contributed by atoms with Crippen LogP contribution in [-0.4, -0.2) is 13.2 Å². The number of methoxy groups -OCH3 is 1. The van der Waals surface area contributed by atoms with Crippen LogP contribution in [0.3, 0.4) is 0 Å². The molecular weight excluding hydrogens is 87.0 g/mol. The topological polar surface area (TPSA) is 29.1 Å². The van der Waals surface area contributed by atoms with E-state index in [1.807, 2.05) is 0 Å². The number of hydrogen-bond donors (Lipinski definition) is 0. The van der Waals surface area contributed by atoms with Gasteiger partial charge in [-0.05, 0) is 0 Å². The van der Waals surface area contributed by atoms with Gasteiger partial charge in [-0.15, -0.1) is 0 Å². The van der Waals surface area contributed by atoms with Crippen molar-refractivity contribution >= 4 is 0 Å². The molecule has 1 atom stereocenters. The van der Waals surface area contributed by atoms with Gasteiger partial charge in [0.05, 0.1) is 0 Å². The molecule has 0 aliphatic heterocycles. The summed E-state index contributed by atoms with van der Waals surface area (Å²) in [7, 11) is 1.02. The maximum atomic E-state index is 11.3. The number of halogens is 1. The zero-order valence-electron chi connectivity index (χ0n) is 3.69. The van der Waals surface area contributed by atoms with Gasteiger partial charge in [0, 0.05) is 14.0 Å². The fourth-order valence-corrected chi connectivity index (χ4v) is 0. The summed E-state index contributed by atoms with van der Waals surface area (Å²) in [6.45, 7) is 0.799. The highest BCUT2D eigenvalue weighted by Gasteiger charge is 2.17. The van der Waals surface area contributed by atoms with Crippen molar-refractivity contribution in [2.24, 2.45) is 0 Å². The number of rotatable bonds is 1. The lowest BCUT2D eigenvalue weighted by Gasteiger charge is -2.03. The first-order valence-corrected chi connectivity index (χ1v) is 1.51. The predicted octanol–water partition coefficient (Wildman–Crippen LogP) is 0.707. The van der Waals surface area contributed by atoms with Gasteiger partial charge in [0.25, 0.3) is 0 Å². The summed E-state index contributed by atoms with van der Waals surface area (Å²) in [4.78, 5) is 0. The Morgan fingerprint density at radius 3 is 2.00 bits per heavy atom. The Labute approximate surface area is 35.5 Å². The second kappa shape index (κ2) is 1.53. The maximum absolute atomic E-state index is 11.3. The van der Waals surface area contributed by atoms with E-state index in [2.05, 4.69) is 4.74 Å². The van der Waals surface area contributed by atoms with Gasteiger partial charge in [0.1, 0.15) is 0 Å². The van der Waals surface area contributed by atoms with Crippen LogP contribution in [0.15, 0.2) is 0 Å². The van der Waals surface area contributed by atoms with E-state index in [1.54, 1.807) is 0 Å². The van der Waals surface area contributed by atoms with E-state index < -0.39 is 6.04 Å². The Morgan fingerprint density at radius 1 is 1.83 bits per heavy atom. The molecular formula is C3H6FO2. The van der Waals surface area contributed by atoms with Crippen LogP contribution in [0.2, 0.25) is 0 Å². The molecule has 0 aromatic heterocycles. The predicted molar refractivity (Wildman–Crippen MR) is 17.2 cm³/mol. The zero-order chi connectivity index (χ0) is 5.21. The molecule has 37 valence electrons. The van der Waals surface area contributed by atoms with Crippen molar-refractivity contribution in [2.75, 3.05) is 7.11 Å². The van der Waals surface area contributed by atoms with E-state index in [4.69, 9.17) is 0 Å². The molecule has 0 aliphatic rings. The SMILES string of the molecule is COC(C)([O])F. The van der Waals surface area contributed by atoms with Crippen molar-refractivity contribution in [3.05, 3.63) is 0 Å². The van der Waals surface area contributed by atoms with Crippen molar-refractivity contribution in [1.82, 2.24) is 0 Å². The Kier molecular flexibility index (Phi) is 1.49. The summed E-state index contributed by atoms with van der Waals surface area (Å²) in [5.74, 6) is 0. The molecule has 6 heavy (non-hydrogen) atoms. The lowest BCUT2D eigenvalue weighted by Crippen LogP contribution is -2.15. The first kappa shape index (κ1) is 5.85. The molecule has 0 spiro atoms. The molecule has 0 amide bonds. The molecule has 0 N–H and O–H groups in total. The fraction of sp³-hybridized carbons (Fsp3) is 1.00. The van der Waals surface area contributed by atoms with Crippen LogP contribution in [0.5, 0.6) is 0 Å². The van der Waals surface area contributed by atoms with E-state index in [1.165, 1.54) is 0 Å². The molecule has 0 aliphatic carbocycles. The van der Waals surface area contributed by atoms with Gasteiger partial charge in [0.15, 0.2) is 0 Å². The second-order valence-electron chi connectivity index (χ2n) is 1.04. The molecule has 1 unspecified atom stereocenters. The quantitative estimate of drug-likeness (QED) is 0.439. The average molecular weight is 93.1 g/mol. The van der Waals surface area contributed by atoms with E-state index in [0.717, 1.165) is 14.0 Å². The Morgan fingerprint density at radius 2 is 2.00 bits per heavy atom. The normalized spacial score (nSPS) is 20.0. The highest BCUT2D eigenvalue weighted by Crippen LogP contribution is 2.03. The molecule has 0 rings (SSSR count). The fourth-order valence-electron chi connectivity index (χ4n) is 0. The standard InChI is InChI=1S/C3H6FO2/c1-3(4,5)6-2/h1-2H3. The van der Waals surface area contributed by atoms with Gasteiger partial charge in [0.2, 0.25) is 0 Å². The molecule has 0 fully saturated rings. The lowest BCUT2D eigenvalue weighted by atomic mass is 10.7. The van der Waals surface area contributed by atoms with Crippen molar-refractivity contribution < 1.29 is 14.2 Å². The van der Waals surface area contributed by atoms with Gasteiger partial charge in [-0.2, -0.15) is 9.50 Å². The molecule has 3 heteroatoms. The van der Waals surface area contributed by atoms with E-state index in [0.29, 0.717) is 0 Å². The largest absolute Gasteiger partial charge is 0.344 e. The molecule has 0 heterocycles. The number of hydrogen-bond acceptors (Lipinski definition) is 1. The molecule has 1 radical (unpaired) electrons. The van der Waals surface area contributed by atoms with Crippen molar-refractivity contribution in [1.29, 1.82) is 0 Å². The van der Waals surface area contributed by atoms with Gasteiger partial charge in [-0.1, -0.05) is 0 Å². The van der Waals surface area contributed by atoms with Crippen LogP contribution in [0, 0.1) is 0 Å². The molecule has 0 aromatic carbocycles. The first-order valence-electron chi connectivity index (χ1n) is 1.51.